The topological polar surface area (TPSA) is 159 Å². The fourth-order valence-electron chi connectivity index (χ4n) is 5.36. The molecule has 220 valence electrons. The number of hydrogen-bond acceptors (Lipinski definition) is 9. The first-order valence-corrected chi connectivity index (χ1v) is 13.8. The van der Waals surface area contributed by atoms with Crippen molar-refractivity contribution in [3.05, 3.63) is 78.4 Å². The molecule has 14 heteroatoms. The minimum absolute atomic E-state index is 0.117. The highest BCUT2D eigenvalue weighted by Gasteiger charge is 2.30. The molecular weight excluding hydrogens is 555 g/mol. The first-order valence-electron chi connectivity index (χ1n) is 13.8. The summed E-state index contributed by atoms with van der Waals surface area (Å²) in [5.41, 5.74) is 9.21. The van der Waals surface area contributed by atoms with Crippen LogP contribution in [0.1, 0.15) is 35.2 Å². The Morgan fingerprint density at radius 3 is 2.72 bits per heavy atom. The number of methoxy groups -OCH3 is 1. The van der Waals surface area contributed by atoms with Gasteiger partial charge < -0.3 is 20.7 Å². The number of hydrogen-bond donors (Lipinski definition) is 2. The highest BCUT2D eigenvalue weighted by Crippen LogP contribution is 2.31. The van der Waals surface area contributed by atoms with Crippen molar-refractivity contribution in [3.8, 4) is 17.0 Å². The summed E-state index contributed by atoms with van der Waals surface area (Å²) in [6.07, 6.45) is 6.83. The SMILES string of the molecule is COc1ccc(F)cc1C(=O)NCc1ccc(-c2nn(C[C@H]3CCCCN3C(=O)n3cncn3)c3ncnc(N)c23)cc1. The lowest BCUT2D eigenvalue weighted by molar-refractivity contribution is 0.0947. The highest BCUT2D eigenvalue weighted by molar-refractivity contribution is 5.98. The Kier molecular flexibility index (Phi) is 7.64. The third-order valence-electron chi connectivity index (χ3n) is 7.52. The lowest BCUT2D eigenvalue weighted by Crippen LogP contribution is -2.47. The fourth-order valence-corrected chi connectivity index (χ4v) is 5.36. The Hall–Kier alpha value is -5.40. The van der Waals surface area contributed by atoms with Crippen LogP contribution in [0.2, 0.25) is 0 Å². The summed E-state index contributed by atoms with van der Waals surface area (Å²) in [7, 11) is 1.43. The van der Waals surface area contributed by atoms with Gasteiger partial charge in [-0.25, -0.2) is 28.8 Å². The van der Waals surface area contributed by atoms with Gasteiger partial charge in [-0.2, -0.15) is 14.9 Å². The largest absolute Gasteiger partial charge is 0.496 e. The molecule has 0 radical (unpaired) electrons. The molecule has 5 aromatic rings. The Labute approximate surface area is 245 Å². The lowest BCUT2D eigenvalue weighted by Gasteiger charge is -2.35. The van der Waals surface area contributed by atoms with E-state index in [9.17, 15) is 14.0 Å². The smallest absolute Gasteiger partial charge is 0.346 e. The molecule has 1 aliphatic heterocycles. The monoisotopic (exact) mass is 584 g/mol. The molecule has 3 N–H and O–H groups in total. The van der Waals surface area contributed by atoms with Gasteiger partial charge in [0, 0.05) is 18.7 Å². The molecule has 0 aliphatic carbocycles. The zero-order chi connectivity index (χ0) is 29.9. The molecule has 3 aromatic heterocycles. The highest BCUT2D eigenvalue weighted by atomic mass is 19.1. The van der Waals surface area contributed by atoms with E-state index in [2.05, 4.69) is 25.4 Å². The minimum atomic E-state index is -0.525. The van der Waals surface area contributed by atoms with Crippen LogP contribution in [0, 0.1) is 5.82 Å². The van der Waals surface area contributed by atoms with Gasteiger partial charge in [-0.15, -0.1) is 0 Å². The van der Waals surface area contributed by atoms with Gasteiger partial charge in [0.05, 0.1) is 30.6 Å². The zero-order valence-electron chi connectivity index (χ0n) is 23.4. The van der Waals surface area contributed by atoms with E-state index in [1.165, 1.54) is 42.9 Å². The van der Waals surface area contributed by atoms with E-state index in [1.54, 1.807) is 9.58 Å². The van der Waals surface area contributed by atoms with Gasteiger partial charge in [0.25, 0.3) is 5.91 Å². The Morgan fingerprint density at radius 1 is 1.12 bits per heavy atom. The van der Waals surface area contributed by atoms with Gasteiger partial charge in [0.15, 0.2) is 5.65 Å². The molecule has 1 saturated heterocycles. The third-order valence-corrected chi connectivity index (χ3v) is 7.52. The van der Waals surface area contributed by atoms with E-state index in [0.29, 0.717) is 35.6 Å². The van der Waals surface area contributed by atoms with Gasteiger partial charge >= 0.3 is 6.03 Å². The van der Waals surface area contributed by atoms with Gasteiger partial charge in [0.1, 0.15) is 42.1 Å². The molecule has 4 heterocycles. The summed E-state index contributed by atoms with van der Waals surface area (Å²) in [5, 5.41) is 12.3. The van der Waals surface area contributed by atoms with Crippen molar-refractivity contribution >= 4 is 28.8 Å². The summed E-state index contributed by atoms with van der Waals surface area (Å²) in [5.74, 6) is -0.390. The van der Waals surface area contributed by atoms with Gasteiger partial charge in [-0.3, -0.25) is 4.79 Å². The zero-order valence-corrected chi connectivity index (χ0v) is 23.4. The van der Waals surface area contributed by atoms with E-state index in [0.717, 1.165) is 36.5 Å². The number of amides is 2. The molecule has 1 fully saturated rings. The van der Waals surface area contributed by atoms with Crippen LogP contribution in [-0.4, -0.2) is 71.0 Å². The van der Waals surface area contributed by atoms with Crippen LogP contribution in [0.3, 0.4) is 0 Å². The normalized spacial score (nSPS) is 15.0. The van der Waals surface area contributed by atoms with Crippen molar-refractivity contribution in [2.45, 2.75) is 38.4 Å². The Bertz CT molecular complexity index is 1770. The number of likely N-dealkylation sites (tertiary alicyclic amines) is 1. The molecule has 1 aliphatic rings. The maximum absolute atomic E-state index is 13.7. The number of nitrogens with one attached hydrogen (secondary N) is 1. The summed E-state index contributed by atoms with van der Waals surface area (Å²) >= 11 is 0. The summed E-state index contributed by atoms with van der Waals surface area (Å²) in [6, 6.07) is 10.9. The molecule has 2 amide bonds. The standard InChI is InChI=1S/C29H29FN10O3/c1-43-23-10-9-20(30)12-22(23)28(41)33-13-18-5-7-19(8-6-18)25-24-26(31)34-16-35-27(24)39(37-25)14-21-4-2-3-11-38(21)29(42)40-17-32-15-36-40/h5-10,12,15-17,21H,2-4,11,13-14H2,1H3,(H,33,41)(H2,31,34,35)/t21-/m1/s1. The molecule has 2 aromatic carbocycles. The van der Waals surface area contributed by atoms with E-state index in [1.807, 2.05) is 24.3 Å². The number of piperidine rings is 1. The molecular formula is C29H29FN10O3. The molecule has 1 atom stereocenters. The van der Waals surface area contributed by atoms with Crippen molar-refractivity contribution < 1.29 is 18.7 Å². The van der Waals surface area contributed by atoms with Crippen molar-refractivity contribution in [2.75, 3.05) is 19.4 Å². The maximum atomic E-state index is 13.7. The first kappa shape index (κ1) is 27.8. The average Bonchev–Trinajstić information content (AvgIpc) is 3.70. The number of fused-ring (bicyclic) bond motifs is 1. The van der Waals surface area contributed by atoms with E-state index in [-0.39, 0.29) is 29.9 Å². The predicted octanol–water partition coefficient (Wildman–Crippen LogP) is 3.27. The number of halogens is 1. The number of ether oxygens (including phenoxy) is 1. The molecule has 43 heavy (non-hydrogen) atoms. The van der Waals surface area contributed by atoms with Gasteiger partial charge in [0.2, 0.25) is 0 Å². The quantitative estimate of drug-likeness (QED) is 0.293. The molecule has 6 rings (SSSR count). The number of carbonyl (C=O) groups is 2. The van der Waals surface area contributed by atoms with Crippen LogP contribution in [0.4, 0.5) is 15.0 Å². The second-order valence-electron chi connectivity index (χ2n) is 10.2. The van der Waals surface area contributed by atoms with Crippen molar-refractivity contribution in [1.82, 2.24) is 44.7 Å². The molecule has 0 unspecified atom stereocenters. The van der Waals surface area contributed by atoms with Crippen LogP contribution in [0.15, 0.2) is 61.4 Å². The Morgan fingerprint density at radius 2 is 1.95 bits per heavy atom. The van der Waals surface area contributed by atoms with Gasteiger partial charge in [-0.05, 0) is 43.0 Å². The summed E-state index contributed by atoms with van der Waals surface area (Å²) in [4.78, 5) is 40.2. The second-order valence-corrected chi connectivity index (χ2v) is 10.2. The second kappa shape index (κ2) is 11.8. The number of nitrogens with two attached hydrogens (primary N) is 1. The number of carbonyl (C=O) groups excluding carboxylic acids is 2. The van der Waals surface area contributed by atoms with Crippen LogP contribution in [0.25, 0.3) is 22.3 Å². The van der Waals surface area contributed by atoms with Crippen LogP contribution >= 0.6 is 0 Å². The number of rotatable bonds is 7. The third kappa shape index (κ3) is 5.58. The van der Waals surface area contributed by atoms with Crippen molar-refractivity contribution in [1.29, 1.82) is 0 Å². The first-order chi connectivity index (χ1) is 20.9. The van der Waals surface area contributed by atoms with Crippen LogP contribution < -0.4 is 15.8 Å². The van der Waals surface area contributed by atoms with Crippen LogP contribution in [0.5, 0.6) is 5.75 Å². The maximum Gasteiger partial charge on any atom is 0.346 e. The van der Waals surface area contributed by atoms with E-state index < -0.39 is 11.7 Å². The molecule has 0 spiro atoms. The summed E-state index contributed by atoms with van der Waals surface area (Å²) < 4.78 is 21.9. The molecule has 13 nitrogen and oxygen atoms in total. The van der Waals surface area contributed by atoms with Crippen molar-refractivity contribution in [2.24, 2.45) is 0 Å². The number of anilines is 1. The minimum Gasteiger partial charge on any atom is -0.496 e. The molecule has 0 saturated carbocycles. The summed E-state index contributed by atoms with van der Waals surface area (Å²) in [6.45, 7) is 1.24. The van der Waals surface area contributed by atoms with Crippen LogP contribution in [-0.2, 0) is 13.1 Å². The molecule has 0 bridgehead atoms. The lowest BCUT2D eigenvalue weighted by atomic mass is 10.0. The number of aromatic nitrogens is 7. The van der Waals surface area contributed by atoms with E-state index >= 15 is 0 Å². The number of benzene rings is 2. The van der Waals surface area contributed by atoms with Gasteiger partial charge in [-0.1, -0.05) is 24.3 Å². The number of nitrogen functional groups attached to an aromatic ring is 1. The predicted molar refractivity (Wildman–Crippen MR) is 154 cm³/mol. The Balaban J connectivity index is 1.23. The fraction of sp³-hybridized carbons (Fsp3) is 0.276. The van der Waals surface area contributed by atoms with E-state index in [4.69, 9.17) is 15.6 Å². The van der Waals surface area contributed by atoms with Crippen molar-refractivity contribution in [3.63, 3.8) is 0 Å². The number of nitrogens with zero attached hydrogens (tertiary/aromatic N) is 8. The average molecular weight is 585 g/mol.